The maximum atomic E-state index is 12.5. The van der Waals surface area contributed by atoms with Crippen LogP contribution in [-0.4, -0.2) is 29.7 Å². The van der Waals surface area contributed by atoms with E-state index in [2.05, 4.69) is 10.3 Å². The van der Waals surface area contributed by atoms with Gasteiger partial charge in [-0.2, -0.15) is 0 Å². The highest BCUT2D eigenvalue weighted by atomic mass is 16.6. The third kappa shape index (κ3) is 8.36. The molecule has 0 bridgehead atoms. The largest absolute Gasteiger partial charge is 0.444 e. The number of esters is 1. The molecule has 8 heteroatoms. The molecule has 0 aliphatic heterocycles. The van der Waals surface area contributed by atoms with E-state index in [0.717, 1.165) is 0 Å². The molecule has 0 aromatic heterocycles. The van der Waals surface area contributed by atoms with Crippen LogP contribution in [0, 0.1) is 5.92 Å². The Balaban J connectivity index is 2.79. The standard InChI is InChI=1S/C18H28N4O4/c1-11(2)10-14(22-17(24)26-18(3,4)5)15(23)25-13-8-6-12(7-9-13)21-16(19)20/h6-9,11,14H,10H2,1-5H3,(H,22,24)(H4,19,20,21)/t14-/m1/s1. The number of alkyl carbamates (subject to hydrolysis) is 1. The van der Waals surface area contributed by atoms with Gasteiger partial charge >= 0.3 is 12.1 Å². The highest BCUT2D eigenvalue weighted by molar-refractivity contribution is 5.83. The molecule has 1 aromatic rings. The summed E-state index contributed by atoms with van der Waals surface area (Å²) in [6, 6.07) is 5.55. The van der Waals surface area contributed by atoms with Gasteiger partial charge in [-0.25, -0.2) is 14.6 Å². The minimum absolute atomic E-state index is 0.0618. The molecule has 1 rings (SSSR count). The van der Waals surface area contributed by atoms with Crippen molar-refractivity contribution in [2.75, 3.05) is 0 Å². The van der Waals surface area contributed by atoms with E-state index in [4.69, 9.17) is 20.9 Å². The summed E-state index contributed by atoms with van der Waals surface area (Å²) >= 11 is 0. The van der Waals surface area contributed by atoms with Crippen LogP contribution in [0.15, 0.2) is 29.3 Å². The number of amides is 1. The third-order valence-corrected chi connectivity index (χ3v) is 3.00. The summed E-state index contributed by atoms with van der Waals surface area (Å²) < 4.78 is 10.6. The molecule has 1 amide bonds. The molecule has 0 radical (unpaired) electrons. The van der Waals surface area contributed by atoms with Crippen molar-refractivity contribution in [2.24, 2.45) is 22.4 Å². The van der Waals surface area contributed by atoms with Gasteiger partial charge in [0.1, 0.15) is 17.4 Å². The van der Waals surface area contributed by atoms with Gasteiger partial charge in [-0.15, -0.1) is 0 Å². The number of hydrogen-bond donors (Lipinski definition) is 3. The van der Waals surface area contributed by atoms with Crippen molar-refractivity contribution in [1.29, 1.82) is 0 Å². The molecular formula is C18H28N4O4. The van der Waals surface area contributed by atoms with Gasteiger partial charge in [0.25, 0.3) is 0 Å². The molecule has 26 heavy (non-hydrogen) atoms. The lowest BCUT2D eigenvalue weighted by molar-refractivity contribution is -0.137. The first-order chi connectivity index (χ1) is 12.0. The van der Waals surface area contributed by atoms with E-state index < -0.39 is 23.7 Å². The maximum Gasteiger partial charge on any atom is 0.408 e. The zero-order valence-corrected chi connectivity index (χ0v) is 15.9. The number of hydrogen-bond acceptors (Lipinski definition) is 5. The van der Waals surface area contributed by atoms with Crippen LogP contribution >= 0.6 is 0 Å². The molecular weight excluding hydrogens is 336 g/mol. The average molecular weight is 364 g/mol. The maximum absolute atomic E-state index is 12.5. The van der Waals surface area contributed by atoms with Crippen molar-refractivity contribution >= 4 is 23.7 Å². The summed E-state index contributed by atoms with van der Waals surface area (Å²) in [6.07, 6.45) is -0.243. The molecule has 0 unspecified atom stereocenters. The van der Waals surface area contributed by atoms with Crippen molar-refractivity contribution in [3.05, 3.63) is 24.3 Å². The predicted molar refractivity (Wildman–Crippen MR) is 100 cm³/mol. The van der Waals surface area contributed by atoms with Crippen LogP contribution in [0.2, 0.25) is 0 Å². The second kappa shape index (κ2) is 9.07. The molecule has 1 atom stereocenters. The smallest absolute Gasteiger partial charge is 0.408 e. The molecule has 0 aliphatic rings. The molecule has 0 fully saturated rings. The number of rotatable bonds is 6. The van der Waals surface area contributed by atoms with Gasteiger partial charge < -0.3 is 26.3 Å². The lowest BCUT2D eigenvalue weighted by Crippen LogP contribution is -2.45. The Bertz CT molecular complexity index is 644. The molecule has 5 N–H and O–H groups in total. The highest BCUT2D eigenvalue weighted by Gasteiger charge is 2.26. The van der Waals surface area contributed by atoms with Gasteiger partial charge in [0, 0.05) is 0 Å². The minimum atomic E-state index is -0.817. The number of nitrogens with zero attached hydrogens (tertiary/aromatic N) is 1. The molecule has 0 saturated carbocycles. The Morgan fingerprint density at radius 2 is 1.73 bits per heavy atom. The lowest BCUT2D eigenvalue weighted by Gasteiger charge is -2.23. The number of guanidine groups is 1. The summed E-state index contributed by atoms with van der Waals surface area (Å²) in [4.78, 5) is 28.3. The number of nitrogens with two attached hydrogens (primary N) is 2. The first kappa shape index (κ1) is 21.3. The fourth-order valence-corrected chi connectivity index (χ4v) is 2.06. The minimum Gasteiger partial charge on any atom is -0.444 e. The molecule has 0 spiro atoms. The zero-order chi connectivity index (χ0) is 19.9. The summed E-state index contributed by atoms with van der Waals surface area (Å²) in [5.74, 6) is -0.136. The Morgan fingerprint density at radius 3 is 2.19 bits per heavy atom. The average Bonchev–Trinajstić information content (AvgIpc) is 2.45. The Morgan fingerprint density at radius 1 is 1.15 bits per heavy atom. The van der Waals surface area contributed by atoms with E-state index in [9.17, 15) is 9.59 Å². The zero-order valence-electron chi connectivity index (χ0n) is 15.9. The molecule has 0 saturated heterocycles. The van der Waals surface area contributed by atoms with Crippen molar-refractivity contribution in [3.63, 3.8) is 0 Å². The second-order valence-electron chi connectivity index (χ2n) is 7.28. The first-order valence-corrected chi connectivity index (χ1v) is 8.37. The van der Waals surface area contributed by atoms with Gasteiger partial charge in [0.05, 0.1) is 5.69 Å². The SMILES string of the molecule is CC(C)C[C@@H](NC(=O)OC(C)(C)C)C(=O)Oc1ccc(N=C(N)N)cc1. The van der Waals surface area contributed by atoms with E-state index >= 15 is 0 Å². The van der Waals surface area contributed by atoms with Gasteiger partial charge in [-0.1, -0.05) is 13.8 Å². The summed E-state index contributed by atoms with van der Waals surface area (Å²) in [5.41, 5.74) is 10.5. The second-order valence-corrected chi connectivity index (χ2v) is 7.28. The van der Waals surface area contributed by atoms with Gasteiger partial charge in [0.15, 0.2) is 5.96 Å². The van der Waals surface area contributed by atoms with Crippen LogP contribution < -0.4 is 21.5 Å². The monoisotopic (exact) mass is 364 g/mol. The fourth-order valence-electron chi connectivity index (χ4n) is 2.06. The molecule has 144 valence electrons. The van der Waals surface area contributed by atoms with Crippen molar-refractivity contribution in [1.82, 2.24) is 5.32 Å². The number of benzene rings is 1. The lowest BCUT2D eigenvalue weighted by atomic mass is 10.0. The van der Waals surface area contributed by atoms with Crippen LogP contribution in [0.3, 0.4) is 0 Å². The molecule has 8 nitrogen and oxygen atoms in total. The molecule has 0 heterocycles. The van der Waals surface area contributed by atoms with Crippen LogP contribution in [0.1, 0.15) is 41.0 Å². The van der Waals surface area contributed by atoms with Gasteiger partial charge in [0.2, 0.25) is 0 Å². The van der Waals surface area contributed by atoms with Crippen molar-refractivity contribution in [3.8, 4) is 5.75 Å². The van der Waals surface area contributed by atoms with E-state index in [-0.39, 0.29) is 11.9 Å². The highest BCUT2D eigenvalue weighted by Crippen LogP contribution is 2.19. The Kier molecular flexibility index (Phi) is 7.42. The van der Waals surface area contributed by atoms with Crippen LogP contribution in [0.25, 0.3) is 0 Å². The third-order valence-electron chi connectivity index (χ3n) is 3.00. The number of aliphatic imine (C=N–C) groups is 1. The van der Waals surface area contributed by atoms with E-state index in [0.29, 0.717) is 17.9 Å². The number of nitrogens with one attached hydrogen (secondary N) is 1. The fraction of sp³-hybridized carbons (Fsp3) is 0.500. The van der Waals surface area contributed by atoms with E-state index in [1.54, 1.807) is 45.0 Å². The van der Waals surface area contributed by atoms with Crippen LogP contribution in [0.5, 0.6) is 5.75 Å². The van der Waals surface area contributed by atoms with Gasteiger partial charge in [-0.3, -0.25) is 0 Å². The Hall–Kier alpha value is -2.77. The molecule has 0 aliphatic carbocycles. The first-order valence-electron chi connectivity index (χ1n) is 8.37. The van der Waals surface area contributed by atoms with Crippen molar-refractivity contribution in [2.45, 2.75) is 52.7 Å². The number of carbonyl (C=O) groups is 2. The van der Waals surface area contributed by atoms with Crippen LogP contribution in [-0.2, 0) is 9.53 Å². The topological polar surface area (TPSA) is 129 Å². The predicted octanol–water partition coefficient (Wildman–Crippen LogP) is 2.44. The Labute approximate surface area is 153 Å². The number of carbonyl (C=O) groups excluding carboxylic acids is 2. The van der Waals surface area contributed by atoms with Gasteiger partial charge in [-0.05, 0) is 57.4 Å². The molecule has 1 aromatic carbocycles. The van der Waals surface area contributed by atoms with E-state index in [1.165, 1.54) is 0 Å². The van der Waals surface area contributed by atoms with Crippen molar-refractivity contribution < 1.29 is 19.1 Å². The normalized spacial score (nSPS) is 12.2. The van der Waals surface area contributed by atoms with E-state index in [1.807, 2.05) is 13.8 Å². The quantitative estimate of drug-likeness (QED) is 0.308. The number of ether oxygens (including phenoxy) is 2. The summed E-state index contributed by atoms with van der Waals surface area (Å²) in [5, 5.41) is 2.57. The summed E-state index contributed by atoms with van der Waals surface area (Å²) in [7, 11) is 0. The summed E-state index contributed by atoms with van der Waals surface area (Å²) in [6.45, 7) is 9.14. The van der Waals surface area contributed by atoms with Crippen LogP contribution in [0.4, 0.5) is 10.5 Å².